The maximum atomic E-state index is 11.8. The topological polar surface area (TPSA) is 223 Å². The van der Waals surface area contributed by atoms with E-state index in [0.717, 1.165) is 0 Å². The molecule has 0 aliphatic heterocycles. The molecule has 6 unspecified atom stereocenters. The number of fused-ring (bicyclic) bond motifs is 2. The van der Waals surface area contributed by atoms with Crippen molar-refractivity contribution >= 4 is 44.4 Å². The number of hydrogen-bond donors (Lipinski definition) is 6. The number of nitrogen functional groups attached to an aromatic ring is 1. The van der Waals surface area contributed by atoms with Gasteiger partial charge < -0.3 is 35.2 Å². The molecular weight excluding hydrogens is 476 g/mol. The van der Waals surface area contributed by atoms with E-state index in [1.54, 1.807) is 17.7 Å². The van der Waals surface area contributed by atoms with Crippen molar-refractivity contribution < 1.29 is 42.9 Å². The summed E-state index contributed by atoms with van der Waals surface area (Å²) in [4.78, 5) is 39.8. The Labute approximate surface area is 179 Å². The molecule has 7 N–H and O–H groups in total. The molecule has 17 heteroatoms. The second-order valence-corrected chi connectivity index (χ2v) is 11.4. The Kier molecular flexibility index (Phi) is 5.35. The first kappa shape index (κ1) is 23.1. The molecule has 2 saturated carbocycles. The highest BCUT2D eigenvalue weighted by Gasteiger charge is 2.77. The molecule has 31 heavy (non-hydrogen) atoms. The van der Waals surface area contributed by atoms with Gasteiger partial charge in [-0.25, -0.2) is 24.1 Å². The number of nitrogens with two attached hydrogens (primary N) is 1. The fourth-order valence-electron chi connectivity index (χ4n) is 4.54. The van der Waals surface area contributed by atoms with Crippen LogP contribution >= 0.6 is 27.4 Å². The average Bonchev–Trinajstić information content (AvgIpc) is 3.21. The second-order valence-electron chi connectivity index (χ2n) is 7.80. The fraction of sp³-hybridized carbons (Fsp3) is 0.643. The van der Waals surface area contributed by atoms with Gasteiger partial charge in [-0.15, -0.1) is 0 Å². The molecule has 2 aromatic heterocycles. The Hall–Kier alpha value is -1.12. The molecule has 172 valence electrons. The summed E-state index contributed by atoms with van der Waals surface area (Å²) in [5.74, 6) is -0.280. The van der Waals surface area contributed by atoms with Crippen molar-refractivity contribution in [2.45, 2.75) is 36.2 Å². The molecule has 4 rings (SSSR count). The van der Waals surface area contributed by atoms with Gasteiger partial charge in [0, 0.05) is 5.41 Å². The lowest BCUT2D eigenvalue weighted by Gasteiger charge is -2.34. The zero-order chi connectivity index (χ0) is 23.0. The molecule has 0 aromatic carbocycles. The van der Waals surface area contributed by atoms with Crippen LogP contribution in [0.4, 0.5) is 5.82 Å². The molecule has 2 aliphatic carbocycles. The Balaban J connectivity index is 1.66. The van der Waals surface area contributed by atoms with Crippen LogP contribution in [0.3, 0.4) is 0 Å². The van der Waals surface area contributed by atoms with Gasteiger partial charge in [0.15, 0.2) is 16.6 Å². The number of phosphoric acid groups is 2. The average molecular weight is 497 g/mol. The quantitative estimate of drug-likeness (QED) is 0.166. The van der Waals surface area contributed by atoms with Crippen molar-refractivity contribution in [1.29, 1.82) is 0 Å². The predicted molar refractivity (Wildman–Crippen MR) is 107 cm³/mol. The minimum Gasteiger partial charge on any atom is -0.390 e. The number of imidazole rings is 1. The van der Waals surface area contributed by atoms with E-state index in [1.165, 1.54) is 18.1 Å². The lowest BCUT2D eigenvalue weighted by atomic mass is 9.91. The number of rotatable bonds is 7. The van der Waals surface area contributed by atoms with Gasteiger partial charge >= 0.3 is 15.6 Å². The molecule has 2 heterocycles. The van der Waals surface area contributed by atoms with Crippen molar-refractivity contribution in [3.63, 3.8) is 0 Å². The molecule has 0 bridgehead atoms. The van der Waals surface area contributed by atoms with Gasteiger partial charge in [0.2, 0.25) is 0 Å². The van der Waals surface area contributed by atoms with Crippen LogP contribution in [-0.4, -0.2) is 69.5 Å². The van der Waals surface area contributed by atoms with Gasteiger partial charge in [0.25, 0.3) is 0 Å². The third kappa shape index (κ3) is 3.62. The molecule has 0 radical (unpaired) electrons. The van der Waals surface area contributed by atoms with Crippen molar-refractivity contribution in [2.75, 3.05) is 18.6 Å². The first-order valence-corrected chi connectivity index (χ1v) is 13.2. The number of phosphoric ester groups is 1. The molecule has 0 saturated heterocycles. The zero-order valence-corrected chi connectivity index (χ0v) is 18.9. The van der Waals surface area contributed by atoms with E-state index in [4.69, 9.17) is 20.0 Å². The van der Waals surface area contributed by atoms with E-state index in [1.807, 2.05) is 0 Å². The fourth-order valence-corrected chi connectivity index (χ4v) is 6.57. The number of aliphatic hydroxyl groups is 2. The summed E-state index contributed by atoms with van der Waals surface area (Å²) in [6, 6.07) is 0. The van der Waals surface area contributed by atoms with Crippen molar-refractivity contribution in [3.8, 4) is 0 Å². The summed E-state index contributed by atoms with van der Waals surface area (Å²) in [5.41, 5.74) is 4.37. The number of nitrogens with zero attached hydrogens (tertiary/aromatic N) is 4. The Bertz CT molecular complexity index is 1140. The zero-order valence-electron chi connectivity index (χ0n) is 16.3. The van der Waals surface area contributed by atoms with Crippen LogP contribution in [0, 0.1) is 11.3 Å². The van der Waals surface area contributed by atoms with Gasteiger partial charge in [0.1, 0.15) is 11.6 Å². The molecule has 2 fully saturated rings. The molecule has 2 aliphatic rings. The largest absolute Gasteiger partial charge is 0.481 e. The maximum absolute atomic E-state index is 11.8. The third-order valence-corrected chi connectivity index (χ3v) is 8.80. The van der Waals surface area contributed by atoms with Crippen molar-refractivity contribution in [1.82, 2.24) is 19.5 Å². The van der Waals surface area contributed by atoms with E-state index in [2.05, 4.69) is 19.3 Å². The van der Waals surface area contributed by atoms with E-state index in [-0.39, 0.29) is 5.82 Å². The predicted octanol–water partition coefficient (Wildman–Crippen LogP) is -0.186. The summed E-state index contributed by atoms with van der Waals surface area (Å²) in [6.07, 6.45) is 0.801. The Morgan fingerprint density at radius 1 is 1.29 bits per heavy atom. The number of thioether (sulfide) groups is 1. The smallest absolute Gasteiger partial charge is 0.390 e. The number of aromatic nitrogens is 4. The molecule has 6 atom stereocenters. The van der Waals surface area contributed by atoms with Gasteiger partial charge in [-0.05, 0) is 25.5 Å². The lowest BCUT2D eigenvalue weighted by molar-refractivity contribution is -0.0510. The van der Waals surface area contributed by atoms with E-state index >= 15 is 0 Å². The molecule has 0 spiro atoms. The van der Waals surface area contributed by atoms with Gasteiger partial charge in [-0.1, -0.05) is 11.8 Å². The minimum atomic E-state index is -5.28. The molecular formula is C14H21N5O9P2S. The van der Waals surface area contributed by atoms with Crippen molar-refractivity contribution in [3.05, 3.63) is 6.33 Å². The van der Waals surface area contributed by atoms with Crippen LogP contribution in [0.1, 0.15) is 13.3 Å². The monoisotopic (exact) mass is 497 g/mol. The second kappa shape index (κ2) is 7.19. The first-order chi connectivity index (χ1) is 14.2. The number of anilines is 1. The summed E-state index contributed by atoms with van der Waals surface area (Å²) in [7, 11) is -10.4. The highest BCUT2D eigenvalue weighted by atomic mass is 32.2. The van der Waals surface area contributed by atoms with E-state index in [0.29, 0.717) is 22.7 Å². The summed E-state index contributed by atoms with van der Waals surface area (Å²) in [6.45, 7) is 1.11. The van der Waals surface area contributed by atoms with E-state index < -0.39 is 51.3 Å². The summed E-state index contributed by atoms with van der Waals surface area (Å²) in [5, 5.41) is 22.1. The number of hydrogen-bond acceptors (Lipinski definition) is 11. The SMILES string of the molecule is CSc1nc(N)c2ncn(C3(C)C(O)C(O)C4(COP(=O)(O)OP(=O)(O)O)CC43)c2n1. The van der Waals surface area contributed by atoms with Crippen LogP contribution in [0.5, 0.6) is 0 Å². The van der Waals surface area contributed by atoms with Crippen LogP contribution in [0.2, 0.25) is 0 Å². The lowest BCUT2D eigenvalue weighted by Crippen LogP contribution is -2.46. The minimum absolute atomic E-state index is 0.158. The van der Waals surface area contributed by atoms with Gasteiger partial charge in [0.05, 0.1) is 24.6 Å². The Morgan fingerprint density at radius 2 is 1.97 bits per heavy atom. The normalized spacial score (nSPS) is 34.6. The van der Waals surface area contributed by atoms with Gasteiger partial charge in [-0.2, -0.15) is 4.31 Å². The highest BCUT2D eigenvalue weighted by molar-refractivity contribution is 7.98. The van der Waals surface area contributed by atoms with Crippen LogP contribution < -0.4 is 5.73 Å². The van der Waals surface area contributed by atoms with Crippen molar-refractivity contribution in [2.24, 2.45) is 11.3 Å². The maximum Gasteiger partial charge on any atom is 0.481 e. The van der Waals surface area contributed by atoms with E-state index in [9.17, 15) is 24.2 Å². The summed E-state index contributed by atoms with van der Waals surface area (Å²) >= 11 is 1.27. The van der Waals surface area contributed by atoms with Crippen LogP contribution in [-0.2, 0) is 23.5 Å². The first-order valence-electron chi connectivity index (χ1n) is 8.90. The molecule has 0 amide bonds. The van der Waals surface area contributed by atoms with Crippen LogP contribution in [0.25, 0.3) is 11.2 Å². The third-order valence-electron chi connectivity index (χ3n) is 6.12. The highest BCUT2D eigenvalue weighted by Crippen LogP contribution is 2.71. The molecule has 14 nitrogen and oxygen atoms in total. The number of aliphatic hydroxyl groups excluding tert-OH is 2. The standard InChI is InChI=1S/C14H21N5O9P2S/c1-13(19-5-16-7-10(15)17-12(31-2)18-11(7)19)6-3-14(6,9(21)8(13)20)4-27-30(25,26)28-29(22,23)24/h5-6,8-9,20-21H,3-4H2,1-2H3,(H,25,26)(H2,15,17,18)(H2,22,23,24). The van der Waals surface area contributed by atoms with Gasteiger partial charge in [-0.3, -0.25) is 4.52 Å². The van der Waals surface area contributed by atoms with Crippen LogP contribution in [0.15, 0.2) is 11.5 Å². The Morgan fingerprint density at radius 3 is 2.58 bits per heavy atom. The summed E-state index contributed by atoms with van der Waals surface area (Å²) < 4.78 is 32.8. The molecule has 2 aromatic rings.